The Morgan fingerprint density at radius 2 is 1.86 bits per heavy atom. The number of nitrogens with zero attached hydrogens (tertiary/aromatic N) is 1. The summed E-state index contributed by atoms with van der Waals surface area (Å²) < 4.78 is 38.9. The third kappa shape index (κ3) is 4.04. The Bertz CT molecular complexity index is 428. The van der Waals surface area contributed by atoms with Gasteiger partial charge in [0.15, 0.2) is 0 Å². The Morgan fingerprint density at radius 3 is 2.45 bits per heavy atom. The highest BCUT2D eigenvalue weighted by Gasteiger charge is 2.45. The summed E-state index contributed by atoms with van der Waals surface area (Å²) in [5.74, 6) is -3.47. The van der Waals surface area contributed by atoms with Gasteiger partial charge in [-0.2, -0.15) is 13.2 Å². The number of likely N-dealkylation sites (tertiary alicyclic amines) is 1. The predicted molar refractivity (Wildman–Crippen MR) is 72.2 cm³/mol. The molecule has 8 heteroatoms. The van der Waals surface area contributed by atoms with Gasteiger partial charge in [0.1, 0.15) is 0 Å². The molecule has 0 aromatic rings. The summed E-state index contributed by atoms with van der Waals surface area (Å²) in [7, 11) is 0. The highest BCUT2D eigenvalue weighted by Crippen LogP contribution is 2.41. The zero-order valence-electron chi connectivity index (χ0n) is 12.2. The first-order valence-corrected chi connectivity index (χ1v) is 7.61. The number of alkyl halides is 3. The van der Waals surface area contributed by atoms with Crippen LogP contribution in [0.5, 0.6) is 0 Å². The van der Waals surface area contributed by atoms with Crippen molar-refractivity contribution in [3.05, 3.63) is 0 Å². The fourth-order valence-electron chi connectivity index (χ4n) is 3.36. The van der Waals surface area contributed by atoms with Gasteiger partial charge in [0.25, 0.3) is 0 Å². The number of rotatable bonds is 3. The summed E-state index contributed by atoms with van der Waals surface area (Å²) in [5, 5.41) is 11.4. The Balaban J connectivity index is 1.84. The van der Waals surface area contributed by atoms with E-state index in [9.17, 15) is 22.8 Å². The first kappa shape index (κ1) is 16.9. The normalized spacial score (nSPS) is 29.4. The molecule has 0 spiro atoms. The van der Waals surface area contributed by atoms with E-state index < -0.39 is 35.9 Å². The molecule has 1 heterocycles. The van der Waals surface area contributed by atoms with Gasteiger partial charge in [-0.05, 0) is 25.2 Å². The van der Waals surface area contributed by atoms with Crippen LogP contribution in [0.15, 0.2) is 0 Å². The summed E-state index contributed by atoms with van der Waals surface area (Å²) in [6.45, 7) is 0.446. The molecule has 2 rings (SSSR count). The van der Waals surface area contributed by atoms with Crippen molar-refractivity contribution in [3.8, 4) is 0 Å². The van der Waals surface area contributed by atoms with Crippen molar-refractivity contribution in [1.29, 1.82) is 0 Å². The van der Waals surface area contributed by atoms with Crippen LogP contribution in [-0.4, -0.2) is 47.8 Å². The van der Waals surface area contributed by atoms with E-state index in [4.69, 9.17) is 5.11 Å². The largest absolute Gasteiger partial charge is 0.481 e. The van der Waals surface area contributed by atoms with Crippen molar-refractivity contribution >= 4 is 12.0 Å². The average molecular weight is 322 g/mol. The van der Waals surface area contributed by atoms with Crippen molar-refractivity contribution in [2.75, 3.05) is 19.6 Å². The van der Waals surface area contributed by atoms with Crippen LogP contribution < -0.4 is 5.32 Å². The second-order valence-corrected chi connectivity index (χ2v) is 6.15. The Labute approximate surface area is 126 Å². The van der Waals surface area contributed by atoms with Gasteiger partial charge < -0.3 is 15.3 Å². The highest BCUT2D eigenvalue weighted by molar-refractivity contribution is 5.77. The number of amides is 2. The molecule has 0 radical (unpaired) electrons. The van der Waals surface area contributed by atoms with Crippen LogP contribution in [0.3, 0.4) is 0 Å². The minimum Gasteiger partial charge on any atom is -0.481 e. The SMILES string of the molecule is O=C(O)C1CCN(C(=O)NCC2CCCCC2C(F)(F)F)C1. The number of urea groups is 1. The van der Waals surface area contributed by atoms with Gasteiger partial charge in [0.2, 0.25) is 0 Å². The smallest absolute Gasteiger partial charge is 0.392 e. The van der Waals surface area contributed by atoms with Crippen molar-refractivity contribution in [2.45, 2.75) is 38.3 Å². The number of carboxylic acids is 1. The topological polar surface area (TPSA) is 69.6 Å². The van der Waals surface area contributed by atoms with E-state index in [1.54, 1.807) is 0 Å². The maximum Gasteiger partial charge on any atom is 0.392 e. The van der Waals surface area contributed by atoms with Crippen molar-refractivity contribution in [1.82, 2.24) is 10.2 Å². The molecule has 126 valence electrons. The van der Waals surface area contributed by atoms with Crippen molar-refractivity contribution in [3.63, 3.8) is 0 Å². The number of carbonyl (C=O) groups excluding carboxylic acids is 1. The second-order valence-electron chi connectivity index (χ2n) is 6.15. The minimum absolute atomic E-state index is 0.00273. The molecule has 0 aromatic carbocycles. The van der Waals surface area contributed by atoms with E-state index >= 15 is 0 Å². The van der Waals surface area contributed by atoms with Crippen LogP contribution in [0, 0.1) is 17.8 Å². The molecule has 5 nitrogen and oxygen atoms in total. The summed E-state index contributed by atoms with van der Waals surface area (Å²) in [6, 6.07) is -0.463. The zero-order valence-corrected chi connectivity index (χ0v) is 12.2. The number of carbonyl (C=O) groups is 2. The second kappa shape index (κ2) is 6.75. The van der Waals surface area contributed by atoms with Gasteiger partial charge in [-0.3, -0.25) is 4.79 Å². The quantitative estimate of drug-likeness (QED) is 0.838. The number of halogens is 3. The molecular weight excluding hydrogens is 301 g/mol. The molecule has 0 aromatic heterocycles. The van der Waals surface area contributed by atoms with Crippen LogP contribution in [0.4, 0.5) is 18.0 Å². The molecular formula is C14H21F3N2O3. The lowest BCUT2D eigenvalue weighted by atomic mass is 9.79. The molecule has 3 atom stereocenters. The highest BCUT2D eigenvalue weighted by atomic mass is 19.4. The Hall–Kier alpha value is -1.47. The van der Waals surface area contributed by atoms with E-state index in [1.165, 1.54) is 4.90 Å². The fraction of sp³-hybridized carbons (Fsp3) is 0.857. The lowest BCUT2D eigenvalue weighted by Crippen LogP contribution is -2.44. The first-order chi connectivity index (χ1) is 10.3. The van der Waals surface area contributed by atoms with Gasteiger partial charge in [-0.15, -0.1) is 0 Å². The molecule has 1 saturated carbocycles. The van der Waals surface area contributed by atoms with Crippen LogP contribution >= 0.6 is 0 Å². The van der Waals surface area contributed by atoms with Crippen LogP contribution in [0.2, 0.25) is 0 Å². The van der Waals surface area contributed by atoms with E-state index in [2.05, 4.69) is 5.32 Å². The lowest BCUT2D eigenvalue weighted by Gasteiger charge is -2.33. The monoisotopic (exact) mass is 322 g/mol. The number of hydrogen-bond donors (Lipinski definition) is 2. The number of carboxylic acid groups (broad SMARTS) is 1. The standard InChI is InChI=1S/C14H21F3N2O3/c15-14(16,17)11-4-2-1-3-9(11)7-18-13(22)19-6-5-10(8-19)12(20)21/h9-11H,1-8H2,(H,18,22)(H,20,21). The summed E-state index contributed by atoms with van der Waals surface area (Å²) in [6.07, 6.45) is -1.94. The first-order valence-electron chi connectivity index (χ1n) is 7.61. The van der Waals surface area contributed by atoms with E-state index in [0.717, 1.165) is 6.42 Å². The van der Waals surface area contributed by atoms with Crippen molar-refractivity contribution < 1.29 is 27.9 Å². The minimum atomic E-state index is -4.22. The van der Waals surface area contributed by atoms with Gasteiger partial charge in [0.05, 0.1) is 11.8 Å². The van der Waals surface area contributed by atoms with Crippen LogP contribution in [0.1, 0.15) is 32.1 Å². The lowest BCUT2D eigenvalue weighted by molar-refractivity contribution is -0.195. The molecule has 0 bridgehead atoms. The molecule has 2 N–H and O–H groups in total. The number of aliphatic carboxylic acids is 1. The van der Waals surface area contributed by atoms with Gasteiger partial charge in [-0.1, -0.05) is 12.8 Å². The molecule has 2 amide bonds. The maximum absolute atomic E-state index is 13.0. The summed E-state index contributed by atoms with van der Waals surface area (Å²) >= 11 is 0. The number of nitrogens with one attached hydrogen (secondary N) is 1. The maximum atomic E-state index is 13.0. The van der Waals surface area contributed by atoms with Crippen LogP contribution in [-0.2, 0) is 4.79 Å². The Kier molecular flexibility index (Phi) is 5.18. The molecule has 22 heavy (non-hydrogen) atoms. The van der Waals surface area contributed by atoms with Gasteiger partial charge >= 0.3 is 18.2 Å². The molecule has 1 saturated heterocycles. The zero-order chi connectivity index (χ0) is 16.3. The van der Waals surface area contributed by atoms with Crippen LogP contribution in [0.25, 0.3) is 0 Å². The van der Waals surface area contributed by atoms with E-state index in [0.29, 0.717) is 25.8 Å². The molecule has 2 aliphatic rings. The van der Waals surface area contributed by atoms with Crippen molar-refractivity contribution in [2.24, 2.45) is 17.8 Å². The van der Waals surface area contributed by atoms with E-state index in [-0.39, 0.29) is 19.5 Å². The Morgan fingerprint density at radius 1 is 1.18 bits per heavy atom. The van der Waals surface area contributed by atoms with Gasteiger partial charge in [-0.25, -0.2) is 4.79 Å². The third-order valence-corrected chi connectivity index (χ3v) is 4.67. The van der Waals surface area contributed by atoms with E-state index in [1.807, 2.05) is 0 Å². The fourth-order valence-corrected chi connectivity index (χ4v) is 3.36. The molecule has 3 unspecified atom stereocenters. The predicted octanol–water partition coefficient (Wildman–Crippen LogP) is 2.47. The average Bonchev–Trinajstić information content (AvgIpc) is 2.94. The summed E-state index contributed by atoms with van der Waals surface area (Å²) in [4.78, 5) is 24.2. The molecule has 1 aliphatic carbocycles. The van der Waals surface area contributed by atoms with Gasteiger partial charge in [0, 0.05) is 19.6 Å². The summed E-state index contributed by atoms with van der Waals surface area (Å²) in [5.41, 5.74) is 0. The third-order valence-electron chi connectivity index (χ3n) is 4.67. The molecule has 1 aliphatic heterocycles. The number of hydrogen-bond acceptors (Lipinski definition) is 2. The molecule has 2 fully saturated rings.